The summed E-state index contributed by atoms with van der Waals surface area (Å²) in [4.78, 5) is 25.9. The van der Waals surface area contributed by atoms with Crippen LogP contribution >= 0.6 is 0 Å². The summed E-state index contributed by atoms with van der Waals surface area (Å²) in [7, 11) is -7.20. The van der Waals surface area contributed by atoms with E-state index in [1.54, 1.807) is 9.80 Å². The smallest absolute Gasteiger partial charge is 0.455 e. The predicted molar refractivity (Wildman–Crippen MR) is 180 cm³/mol. The first kappa shape index (κ1) is 44.6. The molecule has 4 saturated carbocycles. The summed E-state index contributed by atoms with van der Waals surface area (Å²) < 4.78 is 121. The van der Waals surface area contributed by atoms with Crippen molar-refractivity contribution in [1.82, 2.24) is 0 Å². The van der Waals surface area contributed by atoms with E-state index in [0.29, 0.717) is 39.5 Å². The molecule has 2 heterocycles. The molecule has 10 atom stereocenters. The van der Waals surface area contributed by atoms with Crippen molar-refractivity contribution in [2.45, 2.75) is 128 Å². The van der Waals surface area contributed by atoms with Gasteiger partial charge in [0.2, 0.25) is 0 Å². The van der Waals surface area contributed by atoms with Gasteiger partial charge in [-0.3, -0.25) is 8.37 Å². The van der Waals surface area contributed by atoms with E-state index in [9.17, 15) is 44.0 Å². The number of fused-ring (bicyclic) bond motifs is 2. The zero-order valence-corrected chi connectivity index (χ0v) is 33.0. The SMILES string of the molecule is CC(F)(F)C(=O)OC1C2CC3C1OS(=O)(=O)C3C2.CC(F)(F)COC(=O)OC1C2CC3C1OS(=O)(=O)C3C2.CC[NH+](CC)CC.CC[NH+](CC)CC. The van der Waals surface area contributed by atoms with Gasteiger partial charge < -0.3 is 24.0 Å². The highest BCUT2D eigenvalue weighted by Crippen LogP contribution is 2.56. The van der Waals surface area contributed by atoms with Crippen molar-refractivity contribution in [1.29, 1.82) is 0 Å². The van der Waals surface area contributed by atoms with Gasteiger partial charge >= 0.3 is 18.0 Å². The highest BCUT2D eigenvalue weighted by molar-refractivity contribution is 7.87. The Hall–Kier alpha value is -1.80. The summed E-state index contributed by atoms with van der Waals surface area (Å²) in [6.07, 6.45) is -2.40. The van der Waals surface area contributed by atoms with E-state index in [2.05, 4.69) is 46.3 Å². The highest BCUT2D eigenvalue weighted by atomic mass is 32.2. The number of hydrogen-bond donors (Lipinski definition) is 2. The summed E-state index contributed by atoms with van der Waals surface area (Å²) in [5.74, 6) is -9.01. The van der Waals surface area contributed by atoms with Crippen LogP contribution in [-0.4, -0.2) is 122 Å². The Balaban J connectivity index is 0.000000208. The largest absolute Gasteiger partial charge is 0.508 e. The van der Waals surface area contributed by atoms with Crippen molar-refractivity contribution in [2.24, 2.45) is 23.7 Å². The van der Waals surface area contributed by atoms with E-state index in [-0.39, 0.29) is 23.7 Å². The Morgan fingerprint density at radius 1 is 0.654 bits per heavy atom. The Kier molecular flexibility index (Phi) is 15.2. The first-order chi connectivity index (χ1) is 24.1. The molecule has 0 spiro atoms. The molecule has 304 valence electrons. The van der Waals surface area contributed by atoms with E-state index in [1.807, 2.05) is 0 Å². The number of halogens is 4. The van der Waals surface area contributed by atoms with Crippen LogP contribution in [0.25, 0.3) is 0 Å². The lowest BCUT2D eigenvalue weighted by Crippen LogP contribution is -3.11. The second kappa shape index (κ2) is 17.8. The zero-order chi connectivity index (χ0) is 39.4. The molecule has 0 radical (unpaired) electrons. The van der Waals surface area contributed by atoms with Crippen LogP contribution in [0.5, 0.6) is 0 Å². The average molecular weight is 799 g/mol. The molecule has 2 N–H and O–H groups in total. The van der Waals surface area contributed by atoms with E-state index in [4.69, 9.17) is 17.8 Å². The third-order valence-corrected chi connectivity index (χ3v) is 14.7. The summed E-state index contributed by atoms with van der Waals surface area (Å²) in [6.45, 7) is 21.0. The van der Waals surface area contributed by atoms with Crippen LogP contribution in [-0.2, 0) is 47.6 Å². The molecule has 10 unspecified atom stereocenters. The minimum atomic E-state index is -3.61. The molecule has 6 fully saturated rings. The van der Waals surface area contributed by atoms with E-state index in [1.165, 1.54) is 39.3 Å². The summed E-state index contributed by atoms with van der Waals surface area (Å²) >= 11 is 0. The van der Waals surface area contributed by atoms with Gasteiger partial charge in [0.25, 0.3) is 26.2 Å². The number of rotatable bonds is 11. The molecule has 0 aromatic heterocycles. The molecule has 0 aromatic carbocycles. The van der Waals surface area contributed by atoms with Crippen molar-refractivity contribution in [3.8, 4) is 0 Å². The summed E-state index contributed by atoms with van der Waals surface area (Å²) in [5, 5.41) is -1.07. The van der Waals surface area contributed by atoms with Crippen molar-refractivity contribution in [2.75, 3.05) is 45.9 Å². The number of carbonyl (C=O) groups is 2. The first-order valence-corrected chi connectivity index (χ1v) is 21.3. The quantitative estimate of drug-likeness (QED) is 0.179. The van der Waals surface area contributed by atoms with Crippen LogP contribution in [0.3, 0.4) is 0 Å². The van der Waals surface area contributed by atoms with Gasteiger partial charge in [0, 0.05) is 37.5 Å². The molecule has 52 heavy (non-hydrogen) atoms. The monoisotopic (exact) mass is 798 g/mol. The van der Waals surface area contributed by atoms with Crippen LogP contribution in [0.2, 0.25) is 0 Å². The molecular formula is C33H58F4N2O11S2+2. The van der Waals surface area contributed by atoms with Crippen molar-refractivity contribution < 1.29 is 76.4 Å². The standard InChI is InChI=1S/C11H14F2O6S.C10H12F2O5S.2C6H15N/c1-11(12,13)4-17-10(14)18-8-5-2-6-7(3-5)20(15,16)19-9(6)8;1-10(11,12)9(13)16-7-4-2-5-6(3-4)18(14,15)17-8(5)7;2*1-4-7(5-2)6-3/h5-9H,2-4H2,1H3;4-8H,2-3H2,1H3;2*4-6H2,1-3H3/p+2. The fraction of sp³-hybridized carbons (Fsp3) is 0.939. The molecule has 19 heteroatoms. The van der Waals surface area contributed by atoms with Crippen molar-refractivity contribution in [3.63, 3.8) is 0 Å². The van der Waals surface area contributed by atoms with Gasteiger partial charge in [-0.2, -0.15) is 25.6 Å². The number of quaternary nitrogens is 2. The van der Waals surface area contributed by atoms with Crippen molar-refractivity contribution in [3.05, 3.63) is 0 Å². The lowest BCUT2D eigenvalue weighted by molar-refractivity contribution is -0.894. The Morgan fingerprint density at radius 2 is 1.02 bits per heavy atom. The predicted octanol–water partition coefficient (Wildman–Crippen LogP) is 1.85. The number of carbonyl (C=O) groups excluding carboxylic acids is 2. The first-order valence-electron chi connectivity index (χ1n) is 18.4. The number of ether oxygens (including phenoxy) is 3. The molecule has 2 saturated heterocycles. The second-order valence-corrected chi connectivity index (χ2v) is 18.1. The van der Waals surface area contributed by atoms with Gasteiger partial charge in [-0.25, -0.2) is 18.4 Å². The minimum absolute atomic E-state index is 0.109. The van der Waals surface area contributed by atoms with Crippen LogP contribution in [0.4, 0.5) is 22.4 Å². The molecule has 6 rings (SSSR count). The molecule has 4 aliphatic carbocycles. The molecule has 6 aliphatic rings. The Bertz CT molecular complexity index is 1400. The fourth-order valence-corrected chi connectivity index (χ4v) is 11.9. The maximum Gasteiger partial charge on any atom is 0.508 e. The van der Waals surface area contributed by atoms with E-state index in [0.717, 1.165) is 0 Å². The second-order valence-electron chi connectivity index (χ2n) is 14.5. The van der Waals surface area contributed by atoms with Gasteiger partial charge in [-0.15, -0.1) is 0 Å². The molecule has 2 aliphatic heterocycles. The fourth-order valence-electron chi connectivity index (χ4n) is 8.15. The lowest BCUT2D eigenvalue weighted by Gasteiger charge is -2.25. The minimum Gasteiger partial charge on any atom is -0.455 e. The van der Waals surface area contributed by atoms with Crippen molar-refractivity contribution >= 4 is 32.4 Å². The summed E-state index contributed by atoms with van der Waals surface area (Å²) in [5.41, 5.74) is 0. The number of alkyl halides is 4. The lowest BCUT2D eigenvalue weighted by atomic mass is 9.94. The number of esters is 1. The molecule has 0 aromatic rings. The molecule has 0 amide bonds. The van der Waals surface area contributed by atoms with Gasteiger partial charge in [-0.1, -0.05) is 0 Å². The normalized spacial score (nSPS) is 33.8. The van der Waals surface area contributed by atoms with E-state index < -0.39 is 85.7 Å². The van der Waals surface area contributed by atoms with Crippen LogP contribution in [0, 0.1) is 23.7 Å². The average Bonchev–Trinajstić information content (AvgIpc) is 3.87. The molecule has 4 bridgehead atoms. The van der Waals surface area contributed by atoms with E-state index >= 15 is 0 Å². The third kappa shape index (κ3) is 10.7. The molecular weight excluding hydrogens is 740 g/mol. The Labute approximate surface area is 305 Å². The Morgan fingerprint density at radius 3 is 1.33 bits per heavy atom. The maximum absolute atomic E-state index is 12.8. The van der Waals surface area contributed by atoms with Gasteiger partial charge in [0.05, 0.1) is 49.8 Å². The van der Waals surface area contributed by atoms with Gasteiger partial charge in [-0.05, 0) is 67.2 Å². The van der Waals surface area contributed by atoms with Crippen LogP contribution in [0.15, 0.2) is 0 Å². The maximum atomic E-state index is 12.8. The van der Waals surface area contributed by atoms with Gasteiger partial charge in [0.15, 0.2) is 6.61 Å². The number of hydrogen-bond acceptors (Lipinski definition) is 11. The van der Waals surface area contributed by atoms with Gasteiger partial charge in [0.1, 0.15) is 24.4 Å². The zero-order valence-electron chi connectivity index (χ0n) is 31.4. The third-order valence-electron chi connectivity index (χ3n) is 11.1. The topological polar surface area (TPSA) is 157 Å². The van der Waals surface area contributed by atoms with Crippen LogP contribution < -0.4 is 9.80 Å². The summed E-state index contributed by atoms with van der Waals surface area (Å²) in [6, 6.07) is 0. The molecule has 13 nitrogen and oxygen atoms in total. The number of nitrogens with one attached hydrogen (secondary N) is 2. The van der Waals surface area contributed by atoms with Crippen LogP contribution in [0.1, 0.15) is 81.1 Å². The highest BCUT2D eigenvalue weighted by Gasteiger charge is 2.66.